The van der Waals surface area contributed by atoms with Gasteiger partial charge in [0.1, 0.15) is 6.17 Å². The maximum absolute atomic E-state index is 13.5. The highest BCUT2D eigenvalue weighted by molar-refractivity contribution is 14.1. The summed E-state index contributed by atoms with van der Waals surface area (Å²) < 4.78 is 13.6. The van der Waals surface area contributed by atoms with Crippen molar-refractivity contribution in [3.8, 4) is 0 Å². The van der Waals surface area contributed by atoms with Crippen LogP contribution in [0.15, 0.2) is 30.3 Å². The van der Waals surface area contributed by atoms with Crippen LogP contribution in [0.5, 0.6) is 0 Å². The molecule has 2 atom stereocenters. The first-order valence-electron chi connectivity index (χ1n) is 4.08. The average molecular weight is 278 g/mol. The van der Waals surface area contributed by atoms with E-state index in [1.165, 1.54) is 0 Å². The van der Waals surface area contributed by atoms with E-state index < -0.39 is 6.17 Å². The van der Waals surface area contributed by atoms with E-state index in [0.717, 1.165) is 12.0 Å². The summed E-state index contributed by atoms with van der Waals surface area (Å²) in [4.78, 5) is 0. The molecule has 12 heavy (non-hydrogen) atoms. The van der Waals surface area contributed by atoms with Crippen molar-refractivity contribution >= 4 is 22.6 Å². The highest BCUT2D eigenvalue weighted by Gasteiger charge is 2.17. The summed E-state index contributed by atoms with van der Waals surface area (Å²) in [5.41, 5.74) is 0.791. The maximum atomic E-state index is 13.5. The van der Waals surface area contributed by atoms with Crippen molar-refractivity contribution in [2.24, 2.45) is 0 Å². The molecule has 0 spiro atoms. The quantitative estimate of drug-likeness (QED) is 0.581. The van der Waals surface area contributed by atoms with Crippen molar-refractivity contribution < 1.29 is 4.39 Å². The Morgan fingerprint density at radius 2 is 1.92 bits per heavy atom. The molecule has 1 rings (SSSR count). The Bertz CT molecular complexity index is 223. The SMILES string of the molecule is CC[C@H](I)[C@H](F)c1ccccc1. The van der Waals surface area contributed by atoms with Gasteiger partial charge in [-0.2, -0.15) is 0 Å². The molecule has 0 aliphatic rings. The van der Waals surface area contributed by atoms with Crippen LogP contribution >= 0.6 is 22.6 Å². The molecule has 0 nitrogen and oxygen atoms in total. The van der Waals surface area contributed by atoms with Gasteiger partial charge in [0.05, 0.1) is 0 Å². The second-order valence-electron chi connectivity index (χ2n) is 2.74. The molecule has 1 aromatic rings. The fraction of sp³-hybridized carbons (Fsp3) is 0.400. The molecule has 0 aromatic heterocycles. The highest BCUT2D eigenvalue weighted by atomic mass is 127. The van der Waals surface area contributed by atoms with Crippen LogP contribution in [0, 0.1) is 0 Å². The zero-order valence-electron chi connectivity index (χ0n) is 7.00. The van der Waals surface area contributed by atoms with Gasteiger partial charge in [0, 0.05) is 3.92 Å². The number of rotatable bonds is 3. The van der Waals surface area contributed by atoms with E-state index >= 15 is 0 Å². The third-order valence-electron chi connectivity index (χ3n) is 1.83. The summed E-state index contributed by atoms with van der Waals surface area (Å²) in [6.45, 7) is 2.01. The fourth-order valence-electron chi connectivity index (χ4n) is 1.05. The zero-order chi connectivity index (χ0) is 8.97. The Balaban J connectivity index is 2.71. The first-order chi connectivity index (χ1) is 5.75. The summed E-state index contributed by atoms with van der Waals surface area (Å²) in [7, 11) is 0. The molecule has 0 radical (unpaired) electrons. The maximum Gasteiger partial charge on any atom is 0.137 e. The normalized spacial score (nSPS) is 15.6. The summed E-state index contributed by atoms with van der Waals surface area (Å²) in [6, 6.07) is 9.34. The van der Waals surface area contributed by atoms with Crippen LogP contribution in [0.4, 0.5) is 4.39 Å². The third kappa shape index (κ3) is 2.44. The molecule has 66 valence electrons. The van der Waals surface area contributed by atoms with Gasteiger partial charge in [-0.15, -0.1) is 0 Å². The van der Waals surface area contributed by atoms with Gasteiger partial charge >= 0.3 is 0 Å². The van der Waals surface area contributed by atoms with E-state index in [-0.39, 0.29) is 3.92 Å². The molecule has 0 saturated heterocycles. The van der Waals surface area contributed by atoms with Crippen LogP contribution in [0.25, 0.3) is 0 Å². The minimum atomic E-state index is -0.822. The number of benzene rings is 1. The molecule has 1 aromatic carbocycles. The Kier molecular flexibility index (Phi) is 3.98. The molecule has 0 N–H and O–H groups in total. The lowest BCUT2D eigenvalue weighted by molar-refractivity contribution is 0.338. The van der Waals surface area contributed by atoms with Gasteiger partial charge in [0.2, 0.25) is 0 Å². The van der Waals surface area contributed by atoms with E-state index in [1.807, 2.05) is 37.3 Å². The van der Waals surface area contributed by atoms with E-state index in [1.54, 1.807) is 0 Å². The van der Waals surface area contributed by atoms with E-state index in [2.05, 4.69) is 22.6 Å². The lowest BCUT2D eigenvalue weighted by Gasteiger charge is -2.12. The standard InChI is InChI=1S/C10H12FI/c1-2-9(12)10(11)8-6-4-3-5-7-8/h3-7,9-10H,2H2,1H3/t9-,10+/m0/s1. The van der Waals surface area contributed by atoms with Crippen molar-refractivity contribution in [2.75, 3.05) is 0 Å². The summed E-state index contributed by atoms with van der Waals surface area (Å²) in [6.07, 6.45) is 0.0492. The summed E-state index contributed by atoms with van der Waals surface area (Å²) in [5, 5.41) is 0. The molecule has 0 amide bonds. The molecular weight excluding hydrogens is 266 g/mol. The number of halogens is 2. The van der Waals surface area contributed by atoms with E-state index in [9.17, 15) is 4.39 Å². The highest BCUT2D eigenvalue weighted by Crippen LogP contribution is 2.28. The zero-order valence-corrected chi connectivity index (χ0v) is 9.16. The number of hydrogen-bond donors (Lipinski definition) is 0. The second-order valence-corrected chi connectivity index (χ2v) is 4.34. The summed E-state index contributed by atoms with van der Waals surface area (Å²) >= 11 is 2.16. The van der Waals surface area contributed by atoms with Crippen LogP contribution in [0.3, 0.4) is 0 Å². The monoisotopic (exact) mass is 278 g/mol. The minimum Gasteiger partial charge on any atom is -0.241 e. The van der Waals surface area contributed by atoms with E-state index in [0.29, 0.717) is 0 Å². The fourth-order valence-corrected chi connectivity index (χ4v) is 1.47. The number of hydrogen-bond acceptors (Lipinski definition) is 0. The lowest BCUT2D eigenvalue weighted by Crippen LogP contribution is -2.05. The van der Waals surface area contributed by atoms with Crippen LogP contribution in [-0.4, -0.2) is 3.92 Å². The average Bonchev–Trinajstić information content (AvgIpc) is 2.17. The van der Waals surface area contributed by atoms with Crippen molar-refractivity contribution in [3.63, 3.8) is 0 Å². The Hall–Kier alpha value is -0.120. The van der Waals surface area contributed by atoms with Gasteiger partial charge in [0.15, 0.2) is 0 Å². The predicted molar refractivity (Wildman–Crippen MR) is 58.4 cm³/mol. The van der Waals surface area contributed by atoms with Crippen molar-refractivity contribution in [2.45, 2.75) is 23.4 Å². The van der Waals surface area contributed by atoms with E-state index in [4.69, 9.17) is 0 Å². The Morgan fingerprint density at radius 3 is 2.42 bits per heavy atom. The van der Waals surface area contributed by atoms with Crippen LogP contribution in [0.1, 0.15) is 25.1 Å². The summed E-state index contributed by atoms with van der Waals surface area (Å²) in [5.74, 6) is 0. The van der Waals surface area contributed by atoms with Crippen LogP contribution in [-0.2, 0) is 0 Å². The van der Waals surface area contributed by atoms with Gasteiger partial charge in [-0.3, -0.25) is 0 Å². The Morgan fingerprint density at radius 1 is 1.33 bits per heavy atom. The smallest absolute Gasteiger partial charge is 0.137 e. The van der Waals surface area contributed by atoms with Gasteiger partial charge in [-0.25, -0.2) is 4.39 Å². The third-order valence-corrected chi connectivity index (χ3v) is 3.34. The van der Waals surface area contributed by atoms with Crippen molar-refractivity contribution in [3.05, 3.63) is 35.9 Å². The van der Waals surface area contributed by atoms with Crippen molar-refractivity contribution in [1.29, 1.82) is 0 Å². The predicted octanol–water partition coefficient (Wildman–Crippen LogP) is 3.91. The molecule has 0 bridgehead atoms. The topological polar surface area (TPSA) is 0 Å². The molecule has 0 aliphatic carbocycles. The molecule has 0 saturated carbocycles. The number of alkyl halides is 2. The molecule has 0 unspecified atom stereocenters. The van der Waals surface area contributed by atoms with Crippen molar-refractivity contribution in [1.82, 2.24) is 0 Å². The largest absolute Gasteiger partial charge is 0.241 e. The Labute approximate surface area is 86.3 Å². The second kappa shape index (κ2) is 4.80. The van der Waals surface area contributed by atoms with Gasteiger partial charge in [0.25, 0.3) is 0 Å². The van der Waals surface area contributed by atoms with Crippen LogP contribution < -0.4 is 0 Å². The molecule has 0 aliphatic heterocycles. The first-order valence-corrected chi connectivity index (χ1v) is 5.33. The van der Waals surface area contributed by atoms with Gasteiger partial charge in [-0.1, -0.05) is 59.8 Å². The van der Waals surface area contributed by atoms with Gasteiger partial charge in [-0.05, 0) is 12.0 Å². The molecule has 0 fully saturated rings. The minimum absolute atomic E-state index is 0.0880. The van der Waals surface area contributed by atoms with Crippen LogP contribution in [0.2, 0.25) is 0 Å². The molecular formula is C10H12FI. The molecule has 0 heterocycles. The van der Waals surface area contributed by atoms with Gasteiger partial charge < -0.3 is 0 Å². The lowest BCUT2D eigenvalue weighted by atomic mass is 10.1. The molecule has 2 heteroatoms. The first kappa shape index (κ1) is 9.96.